The van der Waals surface area contributed by atoms with Crippen LogP contribution in [0.1, 0.15) is 20.8 Å². The molecule has 0 spiro atoms. The van der Waals surface area contributed by atoms with Gasteiger partial charge in [0, 0.05) is 64.4 Å². The van der Waals surface area contributed by atoms with E-state index < -0.39 is 5.60 Å². The van der Waals surface area contributed by atoms with E-state index in [0.717, 1.165) is 58.4 Å². The molecule has 0 aliphatic carbocycles. The minimum atomic E-state index is -0.398. The van der Waals surface area contributed by atoms with E-state index >= 15 is 0 Å². The van der Waals surface area contributed by atoms with Gasteiger partial charge in [-0.1, -0.05) is 0 Å². The number of hydrogen-bond donors (Lipinski definition) is 1. The van der Waals surface area contributed by atoms with Gasteiger partial charge in [-0.3, -0.25) is 9.80 Å². The van der Waals surface area contributed by atoms with E-state index in [1.165, 1.54) is 0 Å². The van der Waals surface area contributed by atoms with Crippen LogP contribution in [-0.4, -0.2) is 90.8 Å². The lowest BCUT2D eigenvalue weighted by atomic mass is 10.1. The molecule has 3 heterocycles. The van der Waals surface area contributed by atoms with Gasteiger partial charge < -0.3 is 15.0 Å². The van der Waals surface area contributed by atoms with Gasteiger partial charge in [0.1, 0.15) is 5.60 Å². The monoisotopic (exact) mass is 296 g/mol. The van der Waals surface area contributed by atoms with Gasteiger partial charge in [-0.15, -0.1) is 0 Å². The number of piperazine rings is 1. The highest BCUT2D eigenvalue weighted by atomic mass is 16.6. The molecule has 3 rings (SSSR count). The SMILES string of the molecule is CC(C)(C)OC(=O)N1CC(N2CCN(C3CNC3)CC2)C1. The molecule has 0 bridgehead atoms. The summed E-state index contributed by atoms with van der Waals surface area (Å²) in [4.78, 5) is 18.9. The fourth-order valence-electron chi connectivity index (χ4n) is 3.16. The molecule has 1 N–H and O–H groups in total. The molecule has 3 fully saturated rings. The summed E-state index contributed by atoms with van der Waals surface area (Å²) in [6, 6.07) is 1.28. The van der Waals surface area contributed by atoms with Crippen molar-refractivity contribution in [3.63, 3.8) is 0 Å². The maximum Gasteiger partial charge on any atom is 0.410 e. The lowest BCUT2D eigenvalue weighted by molar-refractivity contribution is -0.0300. The third-order valence-electron chi connectivity index (χ3n) is 4.66. The summed E-state index contributed by atoms with van der Waals surface area (Å²) < 4.78 is 5.40. The zero-order chi connectivity index (χ0) is 15.0. The van der Waals surface area contributed by atoms with Crippen molar-refractivity contribution in [2.75, 3.05) is 52.4 Å². The van der Waals surface area contributed by atoms with Crippen molar-refractivity contribution in [3.05, 3.63) is 0 Å². The summed E-state index contributed by atoms with van der Waals surface area (Å²) in [7, 11) is 0. The van der Waals surface area contributed by atoms with Gasteiger partial charge in [-0.2, -0.15) is 0 Å². The molecule has 0 atom stereocenters. The molecule has 3 aliphatic heterocycles. The Bertz CT molecular complexity index is 378. The maximum atomic E-state index is 11.9. The quantitative estimate of drug-likeness (QED) is 0.788. The smallest absolute Gasteiger partial charge is 0.410 e. The highest BCUT2D eigenvalue weighted by Gasteiger charge is 2.38. The van der Waals surface area contributed by atoms with Crippen molar-refractivity contribution in [2.45, 2.75) is 38.5 Å². The first-order valence-corrected chi connectivity index (χ1v) is 8.09. The number of carbonyl (C=O) groups excluding carboxylic acids is 1. The summed E-state index contributed by atoms with van der Waals surface area (Å²) in [6.45, 7) is 14.3. The van der Waals surface area contributed by atoms with Crippen LogP contribution in [0.15, 0.2) is 0 Å². The number of likely N-dealkylation sites (tertiary alicyclic amines) is 1. The second kappa shape index (κ2) is 5.74. The fraction of sp³-hybridized carbons (Fsp3) is 0.933. The average molecular weight is 296 g/mol. The molecule has 6 nitrogen and oxygen atoms in total. The van der Waals surface area contributed by atoms with Crippen LogP contribution in [-0.2, 0) is 4.74 Å². The van der Waals surface area contributed by atoms with Crippen molar-refractivity contribution in [1.82, 2.24) is 20.0 Å². The van der Waals surface area contributed by atoms with E-state index in [9.17, 15) is 4.79 Å². The lowest BCUT2D eigenvalue weighted by Gasteiger charge is -2.50. The van der Waals surface area contributed by atoms with E-state index in [-0.39, 0.29) is 6.09 Å². The van der Waals surface area contributed by atoms with Crippen LogP contribution >= 0.6 is 0 Å². The zero-order valence-corrected chi connectivity index (χ0v) is 13.5. The Morgan fingerprint density at radius 3 is 1.95 bits per heavy atom. The van der Waals surface area contributed by atoms with Crippen LogP contribution in [0.3, 0.4) is 0 Å². The van der Waals surface area contributed by atoms with Gasteiger partial charge in [-0.25, -0.2) is 4.79 Å². The Morgan fingerprint density at radius 2 is 1.52 bits per heavy atom. The predicted octanol–water partition coefficient (Wildman–Crippen LogP) is 0.195. The van der Waals surface area contributed by atoms with Crippen LogP contribution in [0.2, 0.25) is 0 Å². The van der Waals surface area contributed by atoms with Crippen molar-refractivity contribution in [1.29, 1.82) is 0 Å². The number of nitrogens with one attached hydrogen (secondary N) is 1. The van der Waals surface area contributed by atoms with Crippen LogP contribution in [0, 0.1) is 0 Å². The van der Waals surface area contributed by atoms with Gasteiger partial charge in [0.2, 0.25) is 0 Å². The molecule has 0 aromatic carbocycles. The highest BCUT2D eigenvalue weighted by molar-refractivity contribution is 5.69. The number of nitrogens with zero attached hydrogens (tertiary/aromatic N) is 3. The Kier molecular flexibility index (Phi) is 4.12. The van der Waals surface area contributed by atoms with Gasteiger partial charge in [0.05, 0.1) is 0 Å². The first kappa shape index (κ1) is 15.1. The number of carbonyl (C=O) groups is 1. The molecule has 0 radical (unpaired) electrons. The fourth-order valence-corrected chi connectivity index (χ4v) is 3.16. The Morgan fingerprint density at radius 1 is 1.00 bits per heavy atom. The van der Waals surface area contributed by atoms with Gasteiger partial charge in [0.25, 0.3) is 0 Å². The van der Waals surface area contributed by atoms with E-state index in [1.807, 2.05) is 25.7 Å². The lowest BCUT2D eigenvalue weighted by Crippen LogP contribution is -2.67. The van der Waals surface area contributed by atoms with Gasteiger partial charge in [0.15, 0.2) is 0 Å². The first-order valence-electron chi connectivity index (χ1n) is 8.09. The summed E-state index contributed by atoms with van der Waals surface area (Å²) in [5.74, 6) is 0. The largest absolute Gasteiger partial charge is 0.444 e. The number of amides is 1. The molecule has 0 saturated carbocycles. The van der Waals surface area contributed by atoms with Gasteiger partial charge >= 0.3 is 6.09 Å². The van der Waals surface area contributed by atoms with Crippen LogP contribution in [0.25, 0.3) is 0 Å². The Balaban J connectivity index is 1.38. The summed E-state index contributed by atoms with van der Waals surface area (Å²) >= 11 is 0. The van der Waals surface area contributed by atoms with Crippen molar-refractivity contribution in [3.8, 4) is 0 Å². The minimum absolute atomic E-state index is 0.169. The van der Waals surface area contributed by atoms with Crippen molar-refractivity contribution in [2.24, 2.45) is 0 Å². The molecular weight excluding hydrogens is 268 g/mol. The Labute approximate surface area is 127 Å². The number of rotatable bonds is 2. The average Bonchev–Trinajstić information content (AvgIpc) is 2.24. The predicted molar refractivity (Wildman–Crippen MR) is 81.4 cm³/mol. The molecular formula is C15H28N4O2. The molecule has 0 aromatic rings. The summed E-state index contributed by atoms with van der Waals surface area (Å²) in [5.41, 5.74) is -0.398. The minimum Gasteiger partial charge on any atom is -0.444 e. The van der Waals surface area contributed by atoms with Crippen molar-refractivity contribution < 1.29 is 9.53 Å². The summed E-state index contributed by atoms with van der Waals surface area (Å²) in [6.07, 6.45) is -0.169. The van der Waals surface area contributed by atoms with E-state index in [4.69, 9.17) is 4.74 Å². The molecule has 120 valence electrons. The van der Waals surface area contributed by atoms with Crippen molar-refractivity contribution >= 4 is 6.09 Å². The molecule has 21 heavy (non-hydrogen) atoms. The second-order valence-electron chi connectivity index (χ2n) is 7.42. The molecule has 1 amide bonds. The molecule has 3 aliphatic rings. The topological polar surface area (TPSA) is 48.1 Å². The van der Waals surface area contributed by atoms with E-state index in [2.05, 4.69) is 15.1 Å². The zero-order valence-electron chi connectivity index (χ0n) is 13.5. The second-order valence-corrected chi connectivity index (χ2v) is 7.42. The normalized spacial score (nSPS) is 26.3. The number of ether oxygens (including phenoxy) is 1. The standard InChI is InChI=1S/C15H28N4O2/c1-15(2,3)21-14(20)19-10-13(11-19)18-6-4-17(5-7-18)12-8-16-9-12/h12-13,16H,4-11H2,1-3H3. The maximum absolute atomic E-state index is 11.9. The van der Waals surface area contributed by atoms with Crippen LogP contribution in [0.5, 0.6) is 0 Å². The third kappa shape index (κ3) is 3.49. The van der Waals surface area contributed by atoms with E-state index in [0.29, 0.717) is 6.04 Å². The van der Waals surface area contributed by atoms with E-state index in [1.54, 1.807) is 0 Å². The molecule has 0 aromatic heterocycles. The van der Waals surface area contributed by atoms with Crippen LogP contribution in [0.4, 0.5) is 4.79 Å². The molecule has 3 saturated heterocycles. The summed E-state index contributed by atoms with van der Waals surface area (Å²) in [5, 5.41) is 3.34. The molecule has 0 unspecified atom stereocenters. The van der Waals surface area contributed by atoms with Gasteiger partial charge in [-0.05, 0) is 20.8 Å². The highest BCUT2D eigenvalue weighted by Crippen LogP contribution is 2.21. The Hall–Kier alpha value is -0.850. The third-order valence-corrected chi connectivity index (χ3v) is 4.66. The number of hydrogen-bond acceptors (Lipinski definition) is 5. The molecule has 6 heteroatoms. The van der Waals surface area contributed by atoms with Crippen LogP contribution < -0.4 is 5.32 Å². The first-order chi connectivity index (χ1) is 9.92.